The highest BCUT2D eigenvalue weighted by atomic mass is 35.5. The number of nitrogens with zero attached hydrogens (tertiary/aromatic N) is 3. The molecule has 2 aromatic carbocycles. The summed E-state index contributed by atoms with van der Waals surface area (Å²) in [6.07, 6.45) is 4.29. The van der Waals surface area contributed by atoms with E-state index in [-0.39, 0.29) is 24.3 Å². The summed E-state index contributed by atoms with van der Waals surface area (Å²) in [5, 5.41) is 23.1. The van der Waals surface area contributed by atoms with E-state index in [9.17, 15) is 14.7 Å². The van der Waals surface area contributed by atoms with Gasteiger partial charge in [-0.15, -0.1) is 0 Å². The Labute approximate surface area is 227 Å². The maximum atomic E-state index is 12.4. The van der Waals surface area contributed by atoms with Crippen LogP contribution < -0.4 is 10.1 Å². The molecule has 2 amide bonds. The molecule has 9 heteroatoms. The average molecular weight is 535 g/mol. The maximum absolute atomic E-state index is 12.4. The Balaban J connectivity index is 1.11. The number of piperidine rings is 1. The van der Waals surface area contributed by atoms with Gasteiger partial charge in [-0.1, -0.05) is 30.2 Å². The van der Waals surface area contributed by atoms with Crippen LogP contribution in [0.2, 0.25) is 5.02 Å². The number of imide groups is 1. The number of nitriles is 1. The molecule has 3 aliphatic heterocycles. The molecule has 2 unspecified atom stereocenters. The number of likely N-dealkylation sites (tertiary alicyclic amines) is 1. The van der Waals surface area contributed by atoms with Crippen molar-refractivity contribution < 1.29 is 19.4 Å². The van der Waals surface area contributed by atoms with Gasteiger partial charge in [0, 0.05) is 48.6 Å². The van der Waals surface area contributed by atoms with Gasteiger partial charge in [0.25, 0.3) is 0 Å². The number of rotatable bonds is 5. The molecule has 4 atom stereocenters. The monoisotopic (exact) mass is 534 g/mol. The smallest absolute Gasteiger partial charge is 0.244 e. The highest BCUT2D eigenvalue weighted by molar-refractivity contribution is 6.31. The molecule has 2 N–H and O–H groups in total. The molecule has 0 spiro atoms. The summed E-state index contributed by atoms with van der Waals surface area (Å²) in [6, 6.07) is 13.3. The van der Waals surface area contributed by atoms with Gasteiger partial charge in [-0.2, -0.15) is 5.26 Å². The van der Waals surface area contributed by atoms with E-state index < -0.39 is 12.3 Å². The standard InChI is InChI=1S/C29H31ClN4O4/c30-23-11-17(13-31)5-7-21(23)19-14-33(15-19)24-3-1-2-4-26(24)38-20-6-8-22-18(12-20)16-34(29(22)37)25-9-10-27(35)32-28(25)36/h5-8,11-12,19,24-26,29,37H,1-4,9-10,14-16H2,(H,32,35,36)/t24-,25?,26+,29?/m1/s1. The number of carbonyl (C=O) groups is 2. The number of hydrogen-bond acceptors (Lipinski definition) is 7. The molecular formula is C29H31ClN4O4. The molecule has 2 saturated heterocycles. The first-order valence-electron chi connectivity index (χ1n) is 13.4. The van der Waals surface area contributed by atoms with Crippen LogP contribution in [0.15, 0.2) is 36.4 Å². The molecule has 0 aromatic heterocycles. The van der Waals surface area contributed by atoms with Crippen LogP contribution in [-0.2, 0) is 16.1 Å². The van der Waals surface area contributed by atoms with E-state index in [1.54, 1.807) is 11.0 Å². The van der Waals surface area contributed by atoms with E-state index in [0.717, 1.165) is 54.8 Å². The largest absolute Gasteiger partial charge is 0.489 e. The van der Waals surface area contributed by atoms with Crippen LogP contribution in [0, 0.1) is 11.3 Å². The Hall–Kier alpha value is -2.96. The van der Waals surface area contributed by atoms with Gasteiger partial charge < -0.3 is 9.84 Å². The Morgan fingerprint density at radius 2 is 1.84 bits per heavy atom. The van der Waals surface area contributed by atoms with Crippen molar-refractivity contribution in [3.05, 3.63) is 63.7 Å². The summed E-state index contributed by atoms with van der Waals surface area (Å²) in [6.45, 7) is 2.29. The Kier molecular flexibility index (Phi) is 6.87. The number of halogens is 1. The zero-order valence-electron chi connectivity index (χ0n) is 21.1. The molecule has 4 aliphatic rings. The highest BCUT2D eigenvalue weighted by Crippen LogP contribution is 2.40. The lowest BCUT2D eigenvalue weighted by atomic mass is 9.84. The summed E-state index contributed by atoms with van der Waals surface area (Å²) >= 11 is 6.46. The third-order valence-corrected chi connectivity index (χ3v) is 8.90. The summed E-state index contributed by atoms with van der Waals surface area (Å²) in [5.74, 6) is 0.538. The Bertz CT molecular complexity index is 1300. The summed E-state index contributed by atoms with van der Waals surface area (Å²) < 4.78 is 6.57. The molecule has 6 rings (SSSR count). The van der Waals surface area contributed by atoms with Crippen molar-refractivity contribution in [1.82, 2.24) is 15.1 Å². The number of carbonyl (C=O) groups excluding carboxylic acids is 2. The van der Waals surface area contributed by atoms with Crippen LogP contribution in [0.4, 0.5) is 0 Å². The normalized spacial score (nSPS) is 28.3. The number of benzene rings is 2. The zero-order valence-corrected chi connectivity index (χ0v) is 21.9. The SMILES string of the molecule is N#Cc1ccc(C2CN([C@@H]3CCCC[C@@H]3Oc3ccc4c(c3)CN(C3CCC(=O)NC3=O)C4O)C2)c(Cl)c1. The second-order valence-electron chi connectivity index (χ2n) is 10.9. The fourth-order valence-electron chi connectivity index (χ4n) is 6.50. The number of amides is 2. The third-order valence-electron chi connectivity index (χ3n) is 8.57. The molecule has 3 heterocycles. The van der Waals surface area contributed by atoms with E-state index >= 15 is 0 Å². The molecule has 0 radical (unpaired) electrons. The quantitative estimate of drug-likeness (QED) is 0.564. The van der Waals surface area contributed by atoms with Crippen molar-refractivity contribution in [3.63, 3.8) is 0 Å². The van der Waals surface area contributed by atoms with Crippen LogP contribution in [0.3, 0.4) is 0 Å². The number of fused-ring (bicyclic) bond motifs is 1. The first kappa shape index (κ1) is 25.3. The van der Waals surface area contributed by atoms with Crippen LogP contribution in [-0.4, -0.2) is 58.0 Å². The van der Waals surface area contributed by atoms with Gasteiger partial charge in [0.2, 0.25) is 11.8 Å². The van der Waals surface area contributed by atoms with Gasteiger partial charge in [-0.3, -0.25) is 24.7 Å². The average Bonchev–Trinajstić information content (AvgIpc) is 3.20. The van der Waals surface area contributed by atoms with E-state index in [2.05, 4.69) is 16.3 Å². The minimum atomic E-state index is -0.877. The first-order chi connectivity index (χ1) is 18.4. The van der Waals surface area contributed by atoms with Gasteiger partial charge in [-0.05, 0) is 61.1 Å². The van der Waals surface area contributed by atoms with Crippen LogP contribution in [0.5, 0.6) is 5.75 Å². The number of ether oxygens (including phenoxy) is 1. The molecule has 198 valence electrons. The fraction of sp³-hybridized carbons (Fsp3) is 0.483. The Morgan fingerprint density at radius 3 is 2.61 bits per heavy atom. The summed E-state index contributed by atoms with van der Waals surface area (Å²) in [4.78, 5) is 28.2. The van der Waals surface area contributed by atoms with E-state index in [1.165, 1.54) is 6.42 Å². The van der Waals surface area contributed by atoms with Gasteiger partial charge in [0.15, 0.2) is 0 Å². The van der Waals surface area contributed by atoms with Crippen molar-refractivity contribution in [2.24, 2.45) is 0 Å². The van der Waals surface area contributed by atoms with Gasteiger partial charge >= 0.3 is 0 Å². The predicted octanol–water partition coefficient (Wildman–Crippen LogP) is 3.61. The lowest BCUT2D eigenvalue weighted by Crippen LogP contribution is -2.57. The number of aliphatic hydroxyl groups excluding tert-OH is 1. The molecule has 8 nitrogen and oxygen atoms in total. The topological polar surface area (TPSA) is 106 Å². The predicted molar refractivity (Wildman–Crippen MR) is 140 cm³/mol. The summed E-state index contributed by atoms with van der Waals surface area (Å²) in [5.41, 5.74) is 3.42. The second kappa shape index (κ2) is 10.3. The number of nitrogens with one attached hydrogen (secondary N) is 1. The van der Waals surface area contributed by atoms with Gasteiger partial charge in [-0.25, -0.2) is 0 Å². The van der Waals surface area contributed by atoms with Gasteiger partial charge in [0.1, 0.15) is 18.1 Å². The molecule has 0 bridgehead atoms. The van der Waals surface area contributed by atoms with Crippen LogP contribution in [0.1, 0.15) is 72.9 Å². The van der Waals surface area contributed by atoms with Gasteiger partial charge in [0.05, 0.1) is 17.7 Å². The fourth-order valence-corrected chi connectivity index (χ4v) is 6.84. The van der Waals surface area contributed by atoms with Crippen molar-refractivity contribution in [3.8, 4) is 11.8 Å². The van der Waals surface area contributed by atoms with Crippen molar-refractivity contribution in [2.45, 2.75) is 75.4 Å². The van der Waals surface area contributed by atoms with Crippen LogP contribution >= 0.6 is 11.6 Å². The number of hydrogen-bond donors (Lipinski definition) is 2. The third kappa shape index (κ3) is 4.69. The molecule has 1 saturated carbocycles. The molecule has 2 aromatic rings. The first-order valence-corrected chi connectivity index (χ1v) is 13.8. The minimum Gasteiger partial charge on any atom is -0.489 e. The van der Waals surface area contributed by atoms with Crippen molar-refractivity contribution >= 4 is 23.4 Å². The minimum absolute atomic E-state index is 0.0803. The molecular weight excluding hydrogens is 504 g/mol. The van der Waals surface area contributed by atoms with E-state index in [0.29, 0.717) is 35.5 Å². The Morgan fingerprint density at radius 1 is 1.05 bits per heavy atom. The zero-order chi connectivity index (χ0) is 26.4. The van der Waals surface area contributed by atoms with Crippen molar-refractivity contribution in [2.75, 3.05) is 13.1 Å². The molecule has 1 aliphatic carbocycles. The van der Waals surface area contributed by atoms with Crippen LogP contribution in [0.25, 0.3) is 0 Å². The van der Waals surface area contributed by atoms with Crippen molar-refractivity contribution in [1.29, 1.82) is 5.26 Å². The summed E-state index contributed by atoms with van der Waals surface area (Å²) in [7, 11) is 0. The molecule has 3 fully saturated rings. The van der Waals surface area contributed by atoms with E-state index in [4.69, 9.17) is 21.6 Å². The van der Waals surface area contributed by atoms with E-state index in [1.807, 2.05) is 30.3 Å². The lowest BCUT2D eigenvalue weighted by molar-refractivity contribution is -0.141. The maximum Gasteiger partial charge on any atom is 0.244 e. The number of aliphatic hydroxyl groups is 1. The molecule has 38 heavy (non-hydrogen) atoms. The second-order valence-corrected chi connectivity index (χ2v) is 11.3. The lowest BCUT2D eigenvalue weighted by Gasteiger charge is -2.48. The highest BCUT2D eigenvalue weighted by Gasteiger charge is 2.41.